The molecule has 148 valence electrons. The highest BCUT2D eigenvalue weighted by Crippen LogP contribution is 2.07. The topological polar surface area (TPSA) is 58.2 Å². The van der Waals surface area contributed by atoms with Gasteiger partial charge in [0.25, 0.3) is 5.91 Å². The molecule has 29 heavy (non-hydrogen) atoms. The number of halogens is 1. The minimum Gasteiger partial charge on any atom is -0.354 e. The van der Waals surface area contributed by atoms with Crippen molar-refractivity contribution < 1.29 is 14.0 Å². The second-order valence-corrected chi connectivity index (χ2v) is 6.75. The molecule has 0 saturated carbocycles. The van der Waals surface area contributed by atoms with E-state index in [1.165, 1.54) is 12.1 Å². The standard InChI is InChI=1S/C24H23FN2O2/c25-21-13-11-18(12-14-21)15-16-26-24(29)22(17-19-7-3-1-4-8-19)27-23(28)20-9-5-2-6-10-20/h1-14,22H,15-17H2,(H,26,29)(H,27,28)/t22-/m0/s1. The summed E-state index contributed by atoms with van der Waals surface area (Å²) in [5.74, 6) is -0.829. The van der Waals surface area contributed by atoms with E-state index in [1.807, 2.05) is 36.4 Å². The Morgan fingerprint density at radius 1 is 0.793 bits per heavy atom. The molecule has 0 aliphatic heterocycles. The lowest BCUT2D eigenvalue weighted by atomic mass is 10.0. The minimum absolute atomic E-state index is 0.250. The first kappa shape index (κ1) is 20.3. The molecule has 2 N–H and O–H groups in total. The van der Waals surface area contributed by atoms with Crippen LogP contribution in [0.4, 0.5) is 4.39 Å². The third kappa shape index (κ3) is 6.28. The molecule has 3 aromatic rings. The Balaban J connectivity index is 1.63. The number of carbonyl (C=O) groups excluding carboxylic acids is 2. The van der Waals surface area contributed by atoms with Gasteiger partial charge >= 0.3 is 0 Å². The van der Waals surface area contributed by atoms with Crippen molar-refractivity contribution in [2.75, 3.05) is 6.54 Å². The molecule has 0 aliphatic rings. The van der Waals surface area contributed by atoms with Gasteiger partial charge < -0.3 is 10.6 Å². The molecule has 2 amide bonds. The first-order valence-electron chi connectivity index (χ1n) is 9.54. The van der Waals surface area contributed by atoms with Crippen LogP contribution in [0, 0.1) is 5.82 Å². The van der Waals surface area contributed by atoms with E-state index in [0.29, 0.717) is 24.9 Å². The molecule has 0 bridgehead atoms. The van der Waals surface area contributed by atoms with Gasteiger partial charge in [0, 0.05) is 18.5 Å². The number of amides is 2. The molecule has 0 radical (unpaired) electrons. The monoisotopic (exact) mass is 390 g/mol. The van der Waals surface area contributed by atoms with E-state index in [0.717, 1.165) is 11.1 Å². The van der Waals surface area contributed by atoms with Crippen LogP contribution in [0.5, 0.6) is 0 Å². The largest absolute Gasteiger partial charge is 0.354 e. The highest BCUT2D eigenvalue weighted by molar-refractivity contribution is 5.97. The summed E-state index contributed by atoms with van der Waals surface area (Å²) >= 11 is 0. The van der Waals surface area contributed by atoms with Crippen molar-refractivity contribution in [1.82, 2.24) is 10.6 Å². The predicted octanol–water partition coefficient (Wildman–Crippen LogP) is 3.53. The lowest BCUT2D eigenvalue weighted by molar-refractivity contribution is -0.122. The van der Waals surface area contributed by atoms with Crippen molar-refractivity contribution in [3.8, 4) is 0 Å². The summed E-state index contributed by atoms with van der Waals surface area (Å²) < 4.78 is 13.0. The number of rotatable bonds is 8. The van der Waals surface area contributed by atoms with Crippen molar-refractivity contribution >= 4 is 11.8 Å². The maximum absolute atomic E-state index is 13.0. The lowest BCUT2D eigenvalue weighted by Crippen LogP contribution is -2.48. The Morgan fingerprint density at radius 3 is 2.07 bits per heavy atom. The third-order valence-corrected chi connectivity index (χ3v) is 4.57. The van der Waals surface area contributed by atoms with Gasteiger partial charge in [0.05, 0.1) is 0 Å². The highest BCUT2D eigenvalue weighted by Gasteiger charge is 2.21. The van der Waals surface area contributed by atoms with Gasteiger partial charge in [0.15, 0.2) is 0 Å². The first-order valence-corrected chi connectivity index (χ1v) is 9.54. The van der Waals surface area contributed by atoms with Gasteiger partial charge in [-0.25, -0.2) is 4.39 Å². The second kappa shape index (κ2) is 10.2. The normalized spacial score (nSPS) is 11.5. The molecule has 0 heterocycles. The summed E-state index contributed by atoms with van der Waals surface area (Å²) in [5, 5.41) is 5.71. The molecule has 0 fully saturated rings. The summed E-state index contributed by atoms with van der Waals surface area (Å²) in [5.41, 5.74) is 2.39. The first-order chi connectivity index (χ1) is 14.1. The summed E-state index contributed by atoms with van der Waals surface area (Å²) in [6, 6.07) is 23.9. The summed E-state index contributed by atoms with van der Waals surface area (Å²) in [6.07, 6.45) is 0.971. The van der Waals surface area contributed by atoms with Crippen LogP contribution in [0.1, 0.15) is 21.5 Å². The molecule has 1 atom stereocenters. The lowest BCUT2D eigenvalue weighted by Gasteiger charge is -2.19. The minimum atomic E-state index is -0.696. The van der Waals surface area contributed by atoms with Crippen molar-refractivity contribution in [3.63, 3.8) is 0 Å². The highest BCUT2D eigenvalue weighted by atomic mass is 19.1. The van der Waals surface area contributed by atoms with Crippen molar-refractivity contribution in [3.05, 3.63) is 107 Å². The Morgan fingerprint density at radius 2 is 1.41 bits per heavy atom. The SMILES string of the molecule is O=C(N[C@@H](Cc1ccccc1)C(=O)NCCc1ccc(F)cc1)c1ccccc1. The Labute approximate surface area is 169 Å². The molecule has 0 saturated heterocycles. The van der Waals surface area contributed by atoms with Gasteiger partial charge in [0.2, 0.25) is 5.91 Å². The molecule has 4 nitrogen and oxygen atoms in total. The van der Waals surface area contributed by atoms with Gasteiger partial charge in [-0.1, -0.05) is 60.7 Å². The average Bonchev–Trinajstić information content (AvgIpc) is 2.76. The number of benzene rings is 3. The van der Waals surface area contributed by atoms with Gasteiger partial charge in [-0.3, -0.25) is 9.59 Å². The van der Waals surface area contributed by atoms with E-state index in [2.05, 4.69) is 10.6 Å². The Hall–Kier alpha value is -3.47. The van der Waals surface area contributed by atoms with Crippen LogP contribution in [-0.4, -0.2) is 24.4 Å². The molecule has 5 heteroatoms. The maximum atomic E-state index is 13.0. The van der Waals surface area contributed by atoms with Gasteiger partial charge in [0.1, 0.15) is 11.9 Å². The van der Waals surface area contributed by atoms with Crippen LogP contribution < -0.4 is 10.6 Å². The number of hydrogen-bond acceptors (Lipinski definition) is 2. The fraction of sp³-hybridized carbons (Fsp3) is 0.167. The van der Waals surface area contributed by atoms with E-state index >= 15 is 0 Å². The quantitative estimate of drug-likeness (QED) is 0.618. The van der Waals surface area contributed by atoms with Gasteiger partial charge in [-0.15, -0.1) is 0 Å². The van der Waals surface area contributed by atoms with Crippen LogP contribution in [0.2, 0.25) is 0 Å². The third-order valence-electron chi connectivity index (χ3n) is 4.57. The fourth-order valence-corrected chi connectivity index (χ4v) is 2.99. The van der Waals surface area contributed by atoms with E-state index in [1.54, 1.807) is 36.4 Å². The van der Waals surface area contributed by atoms with Crippen LogP contribution in [0.3, 0.4) is 0 Å². The zero-order valence-electron chi connectivity index (χ0n) is 16.0. The fourth-order valence-electron chi connectivity index (χ4n) is 2.99. The second-order valence-electron chi connectivity index (χ2n) is 6.75. The zero-order chi connectivity index (χ0) is 20.5. The number of carbonyl (C=O) groups is 2. The summed E-state index contributed by atoms with van der Waals surface area (Å²) in [6.45, 7) is 0.400. The van der Waals surface area contributed by atoms with Crippen LogP contribution in [0.15, 0.2) is 84.9 Å². The molecular weight excluding hydrogens is 367 g/mol. The predicted molar refractivity (Wildman–Crippen MR) is 111 cm³/mol. The van der Waals surface area contributed by atoms with Crippen molar-refractivity contribution in [2.45, 2.75) is 18.9 Å². The van der Waals surface area contributed by atoms with E-state index in [-0.39, 0.29) is 17.6 Å². The molecule has 0 spiro atoms. The van der Waals surface area contributed by atoms with Crippen LogP contribution in [-0.2, 0) is 17.6 Å². The molecule has 0 unspecified atom stereocenters. The Bertz CT molecular complexity index is 928. The Kier molecular flexibility index (Phi) is 7.11. The molecule has 3 rings (SSSR count). The van der Waals surface area contributed by atoms with Gasteiger partial charge in [-0.05, 0) is 41.8 Å². The number of hydrogen-bond donors (Lipinski definition) is 2. The molecular formula is C24H23FN2O2. The molecule has 0 aliphatic carbocycles. The summed E-state index contributed by atoms with van der Waals surface area (Å²) in [4.78, 5) is 25.3. The van der Waals surface area contributed by atoms with Crippen LogP contribution in [0.25, 0.3) is 0 Å². The average molecular weight is 390 g/mol. The zero-order valence-corrected chi connectivity index (χ0v) is 16.0. The van der Waals surface area contributed by atoms with Crippen molar-refractivity contribution in [2.24, 2.45) is 0 Å². The van der Waals surface area contributed by atoms with E-state index < -0.39 is 6.04 Å². The number of nitrogens with one attached hydrogen (secondary N) is 2. The van der Waals surface area contributed by atoms with Crippen LogP contribution >= 0.6 is 0 Å². The van der Waals surface area contributed by atoms with E-state index in [4.69, 9.17) is 0 Å². The smallest absolute Gasteiger partial charge is 0.251 e. The van der Waals surface area contributed by atoms with E-state index in [9.17, 15) is 14.0 Å². The maximum Gasteiger partial charge on any atom is 0.251 e. The molecule has 0 aromatic heterocycles. The van der Waals surface area contributed by atoms with Gasteiger partial charge in [-0.2, -0.15) is 0 Å². The summed E-state index contributed by atoms with van der Waals surface area (Å²) in [7, 11) is 0. The molecule has 3 aromatic carbocycles. The van der Waals surface area contributed by atoms with Crippen molar-refractivity contribution in [1.29, 1.82) is 0 Å².